The van der Waals surface area contributed by atoms with E-state index >= 15 is 0 Å². The van der Waals surface area contributed by atoms with Crippen molar-refractivity contribution in [3.8, 4) is 0 Å². The molecule has 1 aromatic heterocycles. The minimum Gasteiger partial charge on any atom is -0.364 e. The van der Waals surface area contributed by atoms with Gasteiger partial charge < -0.3 is 10.6 Å². The molecular weight excluding hydrogens is 278 g/mol. The van der Waals surface area contributed by atoms with Gasteiger partial charge in [0.1, 0.15) is 6.33 Å². The first kappa shape index (κ1) is 16.5. The Morgan fingerprint density at radius 1 is 1.45 bits per heavy atom. The Hall–Kier alpha value is -1.57. The zero-order chi connectivity index (χ0) is 15.0. The highest BCUT2D eigenvalue weighted by atomic mass is 32.2. The normalized spacial score (nSPS) is 11.9. The molecule has 0 aliphatic rings. The first-order valence-corrected chi connectivity index (χ1v) is 7.98. The molecule has 1 atom stereocenters. The average Bonchev–Trinajstić information content (AvgIpc) is 2.42. The average molecular weight is 299 g/mol. The van der Waals surface area contributed by atoms with Gasteiger partial charge in [0, 0.05) is 12.6 Å². The molecule has 7 nitrogen and oxygen atoms in total. The topological polar surface area (TPSA) is 93.0 Å². The Balaban J connectivity index is 2.91. The van der Waals surface area contributed by atoms with Crippen LogP contribution in [0.25, 0.3) is 0 Å². The molecule has 0 radical (unpaired) electrons. The van der Waals surface area contributed by atoms with E-state index in [0.29, 0.717) is 6.54 Å². The summed E-state index contributed by atoms with van der Waals surface area (Å²) in [6, 6.07) is 0.120. The first-order chi connectivity index (χ1) is 9.60. The van der Waals surface area contributed by atoms with E-state index in [4.69, 9.17) is 0 Å². The molecule has 0 fully saturated rings. The summed E-state index contributed by atoms with van der Waals surface area (Å²) in [6.07, 6.45) is 5.16. The van der Waals surface area contributed by atoms with Crippen LogP contribution in [0.15, 0.2) is 6.33 Å². The summed E-state index contributed by atoms with van der Waals surface area (Å²) in [5, 5.41) is 17.3. The van der Waals surface area contributed by atoms with Gasteiger partial charge >= 0.3 is 5.69 Å². The summed E-state index contributed by atoms with van der Waals surface area (Å²) in [7, 11) is 0. The van der Waals surface area contributed by atoms with Crippen LogP contribution in [0.1, 0.15) is 26.7 Å². The molecule has 1 rings (SSSR count). The number of anilines is 2. The number of hydrogen-bond acceptors (Lipinski definition) is 7. The van der Waals surface area contributed by atoms with Crippen LogP contribution in [0.2, 0.25) is 0 Å². The Labute approximate surface area is 123 Å². The van der Waals surface area contributed by atoms with E-state index in [0.717, 1.165) is 18.6 Å². The van der Waals surface area contributed by atoms with Gasteiger partial charge in [-0.05, 0) is 31.8 Å². The summed E-state index contributed by atoms with van der Waals surface area (Å²) in [4.78, 5) is 18.8. The highest BCUT2D eigenvalue weighted by Gasteiger charge is 2.23. The van der Waals surface area contributed by atoms with Gasteiger partial charge in [0.15, 0.2) is 0 Å². The van der Waals surface area contributed by atoms with Crippen LogP contribution in [-0.2, 0) is 0 Å². The second-order valence-corrected chi connectivity index (χ2v) is 5.42. The summed E-state index contributed by atoms with van der Waals surface area (Å²) in [6.45, 7) is 4.62. The summed E-state index contributed by atoms with van der Waals surface area (Å²) in [5.74, 6) is 1.54. The second kappa shape index (κ2) is 8.57. The van der Waals surface area contributed by atoms with Crippen molar-refractivity contribution >= 4 is 29.1 Å². The van der Waals surface area contributed by atoms with Gasteiger partial charge in [-0.2, -0.15) is 11.8 Å². The van der Waals surface area contributed by atoms with Crippen molar-refractivity contribution in [1.82, 2.24) is 9.97 Å². The number of nitrogens with one attached hydrogen (secondary N) is 2. The van der Waals surface area contributed by atoms with Crippen LogP contribution in [0, 0.1) is 10.1 Å². The van der Waals surface area contributed by atoms with Gasteiger partial charge in [0.2, 0.25) is 11.6 Å². The molecule has 112 valence electrons. The van der Waals surface area contributed by atoms with Crippen molar-refractivity contribution in [2.75, 3.05) is 29.2 Å². The zero-order valence-electron chi connectivity index (χ0n) is 12.0. The molecule has 20 heavy (non-hydrogen) atoms. The van der Waals surface area contributed by atoms with Crippen LogP contribution >= 0.6 is 11.8 Å². The molecule has 0 saturated carbocycles. The van der Waals surface area contributed by atoms with Crippen LogP contribution in [0.4, 0.5) is 17.3 Å². The van der Waals surface area contributed by atoms with E-state index in [2.05, 4.69) is 20.6 Å². The molecule has 0 aliphatic carbocycles. The summed E-state index contributed by atoms with van der Waals surface area (Å²) >= 11 is 1.75. The number of rotatable bonds is 9. The monoisotopic (exact) mass is 299 g/mol. The molecule has 8 heteroatoms. The van der Waals surface area contributed by atoms with Gasteiger partial charge in [0.05, 0.1) is 4.92 Å². The minimum atomic E-state index is -0.443. The maximum absolute atomic E-state index is 11.2. The van der Waals surface area contributed by atoms with E-state index in [1.54, 1.807) is 11.8 Å². The molecule has 1 unspecified atom stereocenters. The lowest BCUT2D eigenvalue weighted by molar-refractivity contribution is -0.383. The van der Waals surface area contributed by atoms with Crippen LogP contribution in [-0.4, -0.2) is 39.5 Å². The van der Waals surface area contributed by atoms with Crippen LogP contribution in [0.5, 0.6) is 0 Å². The molecule has 2 N–H and O–H groups in total. The molecule has 0 aliphatic heterocycles. The van der Waals surface area contributed by atoms with Crippen molar-refractivity contribution in [3.63, 3.8) is 0 Å². The van der Waals surface area contributed by atoms with Crippen molar-refractivity contribution in [2.24, 2.45) is 0 Å². The maximum Gasteiger partial charge on any atom is 0.353 e. The quantitative estimate of drug-likeness (QED) is 0.535. The van der Waals surface area contributed by atoms with Gasteiger partial charge in [-0.25, -0.2) is 9.97 Å². The molecule has 0 amide bonds. The molecular formula is C12H21N5O2S. The number of nitrogens with zero attached hydrogens (tertiary/aromatic N) is 3. The molecule has 0 bridgehead atoms. The lowest BCUT2D eigenvalue weighted by Gasteiger charge is -2.14. The standard InChI is InChI=1S/C12H21N5O2S/c1-4-6-13-11-10(17(18)19)12(15-8-14-11)16-9(2)5-7-20-3/h8-9H,4-7H2,1-3H3,(H2,13,14,15,16). The van der Waals surface area contributed by atoms with Crippen molar-refractivity contribution < 1.29 is 4.92 Å². The lowest BCUT2D eigenvalue weighted by atomic mass is 10.2. The fourth-order valence-electron chi connectivity index (χ4n) is 1.63. The van der Waals surface area contributed by atoms with E-state index in [1.165, 1.54) is 6.33 Å². The summed E-state index contributed by atoms with van der Waals surface area (Å²) < 4.78 is 0. The first-order valence-electron chi connectivity index (χ1n) is 6.58. The van der Waals surface area contributed by atoms with E-state index < -0.39 is 4.92 Å². The SMILES string of the molecule is CCCNc1ncnc(NC(C)CCSC)c1[N+](=O)[O-]. The highest BCUT2D eigenvalue weighted by molar-refractivity contribution is 7.98. The van der Waals surface area contributed by atoms with Gasteiger partial charge in [-0.1, -0.05) is 6.92 Å². The second-order valence-electron chi connectivity index (χ2n) is 4.43. The third kappa shape index (κ3) is 4.84. The molecule has 0 spiro atoms. The Morgan fingerprint density at radius 2 is 2.15 bits per heavy atom. The van der Waals surface area contributed by atoms with Gasteiger partial charge in [-0.15, -0.1) is 0 Å². The molecule has 1 aromatic rings. The summed E-state index contributed by atoms with van der Waals surface area (Å²) in [5.41, 5.74) is -0.0862. The third-order valence-electron chi connectivity index (χ3n) is 2.69. The third-order valence-corrected chi connectivity index (χ3v) is 3.33. The molecule has 0 saturated heterocycles. The fraction of sp³-hybridized carbons (Fsp3) is 0.667. The van der Waals surface area contributed by atoms with Crippen molar-refractivity contribution in [2.45, 2.75) is 32.7 Å². The molecule has 1 heterocycles. The minimum absolute atomic E-state index is 0.0862. The highest BCUT2D eigenvalue weighted by Crippen LogP contribution is 2.29. The Kier molecular flexibility index (Phi) is 7.06. The zero-order valence-corrected chi connectivity index (χ0v) is 12.9. The maximum atomic E-state index is 11.2. The predicted octanol–water partition coefficient (Wildman–Crippen LogP) is 2.76. The molecule has 0 aromatic carbocycles. The lowest BCUT2D eigenvalue weighted by Crippen LogP contribution is -2.19. The van der Waals surface area contributed by atoms with E-state index in [9.17, 15) is 10.1 Å². The van der Waals surface area contributed by atoms with Crippen LogP contribution < -0.4 is 10.6 Å². The largest absolute Gasteiger partial charge is 0.364 e. The van der Waals surface area contributed by atoms with Crippen molar-refractivity contribution in [1.29, 1.82) is 0 Å². The smallest absolute Gasteiger partial charge is 0.353 e. The van der Waals surface area contributed by atoms with Gasteiger partial charge in [0.25, 0.3) is 0 Å². The Morgan fingerprint density at radius 3 is 2.75 bits per heavy atom. The Bertz CT molecular complexity index is 444. The van der Waals surface area contributed by atoms with Crippen molar-refractivity contribution in [3.05, 3.63) is 16.4 Å². The predicted molar refractivity (Wildman–Crippen MR) is 83.6 cm³/mol. The number of nitro groups is 1. The van der Waals surface area contributed by atoms with E-state index in [-0.39, 0.29) is 23.4 Å². The number of hydrogen-bond donors (Lipinski definition) is 2. The van der Waals surface area contributed by atoms with Gasteiger partial charge in [-0.3, -0.25) is 10.1 Å². The van der Waals surface area contributed by atoms with Crippen LogP contribution in [0.3, 0.4) is 0 Å². The number of aromatic nitrogens is 2. The number of thioether (sulfide) groups is 1. The fourth-order valence-corrected chi connectivity index (χ4v) is 2.22. The van der Waals surface area contributed by atoms with E-state index in [1.807, 2.05) is 20.1 Å².